The summed E-state index contributed by atoms with van der Waals surface area (Å²) in [5.74, 6) is 0.750. The van der Waals surface area contributed by atoms with Gasteiger partial charge in [-0.1, -0.05) is 80.6 Å². The van der Waals surface area contributed by atoms with Crippen molar-refractivity contribution in [3.8, 4) is 11.1 Å². The largest absolute Gasteiger partial charge is 1.00 e. The molecule has 1 saturated carbocycles. The van der Waals surface area contributed by atoms with E-state index in [9.17, 15) is 14.7 Å². The molecule has 1 unspecified atom stereocenters. The maximum absolute atomic E-state index is 13.4. The van der Waals surface area contributed by atoms with Gasteiger partial charge in [-0.15, -0.1) is 11.8 Å². The summed E-state index contributed by atoms with van der Waals surface area (Å²) in [7, 11) is 0. The molecule has 1 aliphatic rings. The topological polar surface area (TPSA) is 81.3 Å². The molecule has 3 aromatic carbocycles. The smallest absolute Gasteiger partial charge is 0.548 e. The first-order valence-electron chi connectivity index (χ1n) is 15.1. The van der Waals surface area contributed by atoms with Crippen LogP contribution in [0.5, 0.6) is 0 Å². The van der Waals surface area contributed by atoms with Crippen LogP contribution in [0, 0.1) is 12.8 Å². The summed E-state index contributed by atoms with van der Waals surface area (Å²) in [5, 5.41) is 18.3. The molecular weight excluding hydrogens is 567 g/mol. The Bertz CT molecular complexity index is 1300. The first kappa shape index (κ1) is 35.3. The molecule has 0 radical (unpaired) electrons. The fraction of sp³-hybridized carbons (Fsp3) is 0.429. The van der Waals surface area contributed by atoms with Gasteiger partial charge in [-0.25, -0.2) is 0 Å². The molecule has 0 heterocycles. The van der Waals surface area contributed by atoms with Crippen molar-refractivity contribution in [1.82, 2.24) is 10.6 Å². The Morgan fingerprint density at radius 3 is 2.37 bits per heavy atom. The van der Waals surface area contributed by atoms with Crippen LogP contribution in [0.2, 0.25) is 0 Å². The molecule has 0 aliphatic heterocycles. The second-order valence-corrected chi connectivity index (χ2v) is 13.3. The standard InChI is InChI=1S/C35H44N2O3S2.Li/c1-25-11-9-10-16-30(25)32-22-27(17-18-31(32)34(38)37-33(35(39)40)19-20-41-2)23-36-28(21-26-12-5-3-6-13-26)24-42-29-14-7-4-8-15-29;/h4,7-11,14-18,22,26,28,33,36H,3,5-6,12-13,19-21,23-24H2,1-2H3,(H,37,38)(H,39,40);/q;+1/p-1/t28?,33-;/m0./s1. The zero-order valence-electron chi connectivity index (χ0n) is 25.8. The van der Waals surface area contributed by atoms with E-state index in [-0.39, 0.29) is 18.9 Å². The molecule has 2 N–H and O–H groups in total. The number of aliphatic carboxylic acids is 1. The number of thioether (sulfide) groups is 2. The zero-order chi connectivity index (χ0) is 29.7. The van der Waals surface area contributed by atoms with Crippen LogP contribution in [0.25, 0.3) is 11.1 Å². The molecule has 0 spiro atoms. The van der Waals surface area contributed by atoms with Crippen LogP contribution >= 0.6 is 23.5 Å². The van der Waals surface area contributed by atoms with E-state index < -0.39 is 17.9 Å². The fourth-order valence-electron chi connectivity index (χ4n) is 5.73. The minimum atomic E-state index is -1.26. The summed E-state index contributed by atoms with van der Waals surface area (Å²) >= 11 is 3.45. The summed E-state index contributed by atoms with van der Waals surface area (Å²) < 4.78 is 0. The zero-order valence-corrected chi connectivity index (χ0v) is 27.4. The van der Waals surface area contributed by atoms with Gasteiger partial charge < -0.3 is 20.5 Å². The quantitative estimate of drug-likeness (QED) is 0.203. The second-order valence-electron chi connectivity index (χ2n) is 11.3. The van der Waals surface area contributed by atoms with E-state index in [1.165, 1.54) is 43.4 Å². The normalized spacial score (nSPS) is 14.8. The van der Waals surface area contributed by atoms with E-state index in [1.54, 1.807) is 11.8 Å². The Hall–Kier alpha value is -2.14. The second kappa shape index (κ2) is 18.6. The Morgan fingerprint density at radius 2 is 1.67 bits per heavy atom. The van der Waals surface area contributed by atoms with Crippen LogP contribution < -0.4 is 34.6 Å². The maximum atomic E-state index is 13.4. The van der Waals surface area contributed by atoms with Gasteiger partial charge in [-0.05, 0) is 84.2 Å². The van der Waals surface area contributed by atoms with Crippen molar-refractivity contribution in [3.05, 3.63) is 89.5 Å². The number of carbonyl (C=O) groups excluding carboxylic acids is 2. The first-order valence-corrected chi connectivity index (χ1v) is 17.4. The Balaban J connectivity index is 0.00000506. The summed E-state index contributed by atoms with van der Waals surface area (Å²) in [6, 6.07) is 23.9. The van der Waals surface area contributed by atoms with Crippen LogP contribution in [-0.2, 0) is 11.3 Å². The average Bonchev–Trinajstić information content (AvgIpc) is 3.01. The average molecular weight is 611 g/mol. The monoisotopic (exact) mass is 610 g/mol. The molecule has 1 aliphatic carbocycles. The van der Waals surface area contributed by atoms with E-state index in [0.29, 0.717) is 30.3 Å². The predicted molar refractivity (Wildman–Crippen MR) is 175 cm³/mol. The molecule has 0 saturated heterocycles. The van der Waals surface area contributed by atoms with E-state index in [2.05, 4.69) is 47.0 Å². The summed E-state index contributed by atoms with van der Waals surface area (Å²) in [6.45, 7) is 2.73. The van der Waals surface area contributed by atoms with Crippen LogP contribution in [0.1, 0.15) is 66.4 Å². The molecular formula is C35H43LiN2O3S2. The summed E-state index contributed by atoms with van der Waals surface area (Å²) in [6.07, 6.45) is 10.1. The van der Waals surface area contributed by atoms with Crippen molar-refractivity contribution in [3.63, 3.8) is 0 Å². The molecule has 5 nitrogen and oxygen atoms in total. The molecule has 1 amide bonds. The van der Waals surface area contributed by atoms with E-state index in [0.717, 1.165) is 33.9 Å². The number of carboxylic acid groups (broad SMARTS) is 1. The third-order valence-corrected chi connectivity index (χ3v) is 9.91. The molecule has 8 heteroatoms. The van der Waals surface area contributed by atoms with Crippen molar-refractivity contribution in [2.45, 2.75) is 75.4 Å². The van der Waals surface area contributed by atoms with Gasteiger partial charge in [0.25, 0.3) is 5.91 Å². The van der Waals surface area contributed by atoms with Gasteiger partial charge in [-0.3, -0.25) is 4.79 Å². The molecule has 1 fully saturated rings. The van der Waals surface area contributed by atoms with Gasteiger partial charge in [0.05, 0.1) is 12.0 Å². The van der Waals surface area contributed by atoms with Crippen molar-refractivity contribution < 1.29 is 33.6 Å². The predicted octanol–water partition coefficient (Wildman–Crippen LogP) is 3.49. The molecule has 43 heavy (non-hydrogen) atoms. The van der Waals surface area contributed by atoms with Crippen LogP contribution in [0.3, 0.4) is 0 Å². The number of hydrogen-bond acceptors (Lipinski definition) is 6. The van der Waals surface area contributed by atoms with Crippen molar-refractivity contribution in [1.29, 1.82) is 0 Å². The Labute approximate surface area is 278 Å². The third kappa shape index (κ3) is 11.1. The van der Waals surface area contributed by atoms with Gasteiger partial charge in [0.1, 0.15) is 0 Å². The van der Waals surface area contributed by atoms with E-state index in [4.69, 9.17) is 0 Å². The van der Waals surface area contributed by atoms with Crippen molar-refractivity contribution in [2.24, 2.45) is 5.92 Å². The van der Waals surface area contributed by atoms with Crippen LogP contribution in [-0.4, -0.2) is 41.7 Å². The number of rotatable bonds is 15. The van der Waals surface area contributed by atoms with E-state index >= 15 is 0 Å². The Morgan fingerprint density at radius 1 is 0.953 bits per heavy atom. The fourth-order valence-corrected chi connectivity index (χ4v) is 7.20. The van der Waals surface area contributed by atoms with Gasteiger partial charge in [0.2, 0.25) is 0 Å². The molecule has 224 valence electrons. The van der Waals surface area contributed by atoms with Crippen molar-refractivity contribution in [2.75, 3.05) is 17.8 Å². The van der Waals surface area contributed by atoms with E-state index in [1.807, 2.05) is 61.3 Å². The van der Waals surface area contributed by atoms with Gasteiger partial charge >= 0.3 is 18.9 Å². The Kier molecular flexibility index (Phi) is 15.3. The number of aryl methyl sites for hydroxylation is 1. The number of hydrogen-bond donors (Lipinski definition) is 2. The van der Waals surface area contributed by atoms with Gasteiger partial charge in [-0.2, -0.15) is 11.8 Å². The van der Waals surface area contributed by atoms with Crippen molar-refractivity contribution >= 4 is 35.4 Å². The maximum Gasteiger partial charge on any atom is 1.00 e. The minimum Gasteiger partial charge on any atom is -0.548 e. The van der Waals surface area contributed by atoms with Gasteiger partial charge in [0.15, 0.2) is 0 Å². The van der Waals surface area contributed by atoms with Crippen LogP contribution in [0.15, 0.2) is 77.7 Å². The molecule has 0 bridgehead atoms. The first-order chi connectivity index (χ1) is 20.4. The summed E-state index contributed by atoms with van der Waals surface area (Å²) in [5.41, 5.74) is 4.42. The SMILES string of the molecule is CSCC[C@H](NC(=O)c1ccc(CNC(CSc2ccccc2)CC2CCCCC2)cc1-c1ccccc1C)C(=O)[O-].[Li+]. The molecule has 4 rings (SSSR count). The third-order valence-electron chi connectivity index (χ3n) is 8.10. The molecule has 3 aromatic rings. The number of carboxylic acids is 1. The number of carbonyl (C=O) groups is 2. The molecule has 0 aromatic heterocycles. The summed E-state index contributed by atoms with van der Waals surface area (Å²) in [4.78, 5) is 26.4. The number of nitrogens with one attached hydrogen (secondary N) is 2. The van der Waals surface area contributed by atoms with Gasteiger partial charge in [0, 0.05) is 28.8 Å². The van der Waals surface area contributed by atoms with Crippen LogP contribution in [0.4, 0.5) is 0 Å². The number of amides is 1. The molecule has 2 atom stereocenters. The minimum absolute atomic E-state index is 0. The number of benzene rings is 3.